The molecule has 4 rings (SSSR count). The number of methoxy groups -OCH3 is 1. The van der Waals surface area contributed by atoms with Crippen LogP contribution < -0.4 is 15.4 Å². The number of anilines is 1. The summed E-state index contributed by atoms with van der Waals surface area (Å²) >= 11 is 0. The molecule has 3 aromatic carbocycles. The molecule has 1 aromatic heterocycles. The van der Waals surface area contributed by atoms with Crippen molar-refractivity contribution in [3.8, 4) is 11.4 Å². The molecule has 1 heterocycles. The van der Waals surface area contributed by atoms with E-state index in [1.165, 1.54) is 6.08 Å². The Balaban J connectivity index is 1.33. The fourth-order valence-electron chi connectivity index (χ4n) is 3.33. The lowest BCUT2D eigenvalue weighted by atomic mass is 10.2. The summed E-state index contributed by atoms with van der Waals surface area (Å²) in [5.41, 5.74) is 4.36. The van der Waals surface area contributed by atoms with Crippen molar-refractivity contribution in [1.82, 2.24) is 14.9 Å². The minimum Gasteiger partial charge on any atom is -0.497 e. The van der Waals surface area contributed by atoms with Crippen LogP contribution in [0, 0.1) is 0 Å². The fraction of sp³-hybridized carbons (Fsp3) is 0.115. The Hall–Kier alpha value is -4.39. The highest BCUT2D eigenvalue weighted by atomic mass is 16.5. The first-order valence-corrected chi connectivity index (χ1v) is 10.5. The van der Waals surface area contributed by atoms with E-state index in [0.717, 1.165) is 28.0 Å². The molecule has 2 amide bonds. The monoisotopic (exact) mass is 440 g/mol. The van der Waals surface area contributed by atoms with Gasteiger partial charge in [-0.15, -0.1) is 0 Å². The van der Waals surface area contributed by atoms with E-state index in [0.29, 0.717) is 5.69 Å². The number of nitrogens with zero attached hydrogens (tertiary/aromatic N) is 2. The predicted molar refractivity (Wildman–Crippen MR) is 129 cm³/mol. The maximum absolute atomic E-state index is 12.5. The molecular weight excluding hydrogens is 416 g/mol. The molecule has 33 heavy (non-hydrogen) atoms. The number of amides is 2. The lowest BCUT2D eigenvalue weighted by Gasteiger charge is -2.13. The number of rotatable bonds is 7. The summed E-state index contributed by atoms with van der Waals surface area (Å²) in [5.74, 6) is 0.0890. The molecule has 0 saturated heterocycles. The van der Waals surface area contributed by atoms with Crippen LogP contribution in [0.2, 0.25) is 0 Å². The van der Waals surface area contributed by atoms with Crippen molar-refractivity contribution < 1.29 is 14.3 Å². The molecular formula is C26H24N4O3. The second kappa shape index (κ2) is 9.82. The lowest BCUT2D eigenvalue weighted by molar-refractivity contribution is -0.123. The SMILES string of the molecule is COc1ccc(/C=C/C(=O)N[C@@H](C)C(=O)Nc2ccc(-n3cnc4ccccc43)cc2)cc1. The molecule has 0 saturated carbocycles. The number of hydrogen-bond donors (Lipinski definition) is 2. The van der Waals surface area contributed by atoms with Crippen LogP contribution in [0.4, 0.5) is 5.69 Å². The number of benzene rings is 3. The summed E-state index contributed by atoms with van der Waals surface area (Å²) in [7, 11) is 1.60. The molecule has 0 radical (unpaired) electrons. The molecule has 2 N–H and O–H groups in total. The molecule has 0 bridgehead atoms. The van der Waals surface area contributed by atoms with Gasteiger partial charge in [0.2, 0.25) is 11.8 Å². The summed E-state index contributed by atoms with van der Waals surface area (Å²) in [5, 5.41) is 5.50. The molecule has 1 atom stereocenters. The Morgan fingerprint density at radius 1 is 1.00 bits per heavy atom. The Bertz CT molecular complexity index is 1290. The molecule has 0 aliphatic rings. The van der Waals surface area contributed by atoms with Crippen LogP contribution in [0.3, 0.4) is 0 Å². The number of para-hydroxylation sites is 2. The van der Waals surface area contributed by atoms with Crippen LogP contribution in [0.5, 0.6) is 5.75 Å². The quantitative estimate of drug-likeness (QED) is 0.422. The maximum Gasteiger partial charge on any atom is 0.246 e. The first-order valence-electron chi connectivity index (χ1n) is 10.5. The summed E-state index contributed by atoms with van der Waals surface area (Å²) in [6, 6.07) is 22.0. The summed E-state index contributed by atoms with van der Waals surface area (Å²) in [4.78, 5) is 29.1. The zero-order valence-electron chi connectivity index (χ0n) is 18.4. The number of nitrogens with one attached hydrogen (secondary N) is 2. The molecule has 0 unspecified atom stereocenters. The topological polar surface area (TPSA) is 85.2 Å². The second-order valence-electron chi connectivity index (χ2n) is 7.48. The van der Waals surface area contributed by atoms with E-state index in [1.807, 2.05) is 77.4 Å². The van der Waals surface area contributed by atoms with Crippen molar-refractivity contribution in [2.24, 2.45) is 0 Å². The van der Waals surface area contributed by atoms with Crippen LogP contribution in [0.15, 0.2) is 85.2 Å². The Labute approximate surface area is 191 Å². The van der Waals surface area contributed by atoms with Gasteiger partial charge in [-0.3, -0.25) is 14.2 Å². The number of carbonyl (C=O) groups is 2. The minimum absolute atomic E-state index is 0.304. The normalized spacial score (nSPS) is 11.9. The third-order valence-corrected chi connectivity index (χ3v) is 5.16. The van der Waals surface area contributed by atoms with Crippen molar-refractivity contribution in [3.05, 3.63) is 90.8 Å². The number of aromatic nitrogens is 2. The summed E-state index contributed by atoms with van der Waals surface area (Å²) in [6.07, 6.45) is 4.85. The molecule has 0 fully saturated rings. The zero-order valence-corrected chi connectivity index (χ0v) is 18.4. The van der Waals surface area contributed by atoms with Gasteiger partial charge in [-0.2, -0.15) is 0 Å². The number of imidazole rings is 1. The van der Waals surface area contributed by atoms with E-state index in [2.05, 4.69) is 15.6 Å². The minimum atomic E-state index is -0.699. The first kappa shape index (κ1) is 21.8. The lowest BCUT2D eigenvalue weighted by Crippen LogP contribution is -2.40. The van der Waals surface area contributed by atoms with E-state index in [9.17, 15) is 9.59 Å². The van der Waals surface area contributed by atoms with Crippen molar-refractivity contribution in [2.45, 2.75) is 13.0 Å². The second-order valence-corrected chi connectivity index (χ2v) is 7.48. The Kier molecular flexibility index (Phi) is 6.50. The summed E-state index contributed by atoms with van der Waals surface area (Å²) in [6.45, 7) is 1.64. The third-order valence-electron chi connectivity index (χ3n) is 5.16. The van der Waals surface area contributed by atoms with E-state index in [4.69, 9.17) is 4.74 Å². The van der Waals surface area contributed by atoms with Crippen molar-refractivity contribution in [1.29, 1.82) is 0 Å². The number of hydrogen-bond acceptors (Lipinski definition) is 4. The molecule has 7 nitrogen and oxygen atoms in total. The molecule has 0 aliphatic carbocycles. The largest absolute Gasteiger partial charge is 0.497 e. The van der Waals surface area contributed by atoms with Gasteiger partial charge in [-0.25, -0.2) is 4.98 Å². The highest BCUT2D eigenvalue weighted by molar-refractivity contribution is 5.99. The predicted octanol–water partition coefficient (Wildman–Crippen LogP) is 4.19. The van der Waals surface area contributed by atoms with Gasteiger partial charge >= 0.3 is 0 Å². The van der Waals surface area contributed by atoms with Crippen molar-refractivity contribution in [2.75, 3.05) is 12.4 Å². The molecule has 7 heteroatoms. The first-order chi connectivity index (χ1) is 16.0. The van der Waals surface area contributed by atoms with Crippen LogP contribution in [0.25, 0.3) is 22.8 Å². The van der Waals surface area contributed by atoms with E-state index in [1.54, 1.807) is 26.4 Å². The molecule has 0 aliphatic heterocycles. The fourth-order valence-corrected chi connectivity index (χ4v) is 3.33. The van der Waals surface area contributed by atoms with Gasteiger partial charge in [0, 0.05) is 17.5 Å². The van der Waals surface area contributed by atoms with Crippen LogP contribution >= 0.6 is 0 Å². The summed E-state index contributed by atoms with van der Waals surface area (Å²) < 4.78 is 7.10. The van der Waals surface area contributed by atoms with Gasteiger partial charge in [0.15, 0.2) is 0 Å². The average Bonchev–Trinajstić information content (AvgIpc) is 3.28. The van der Waals surface area contributed by atoms with Gasteiger partial charge in [0.1, 0.15) is 18.1 Å². The van der Waals surface area contributed by atoms with E-state index < -0.39 is 6.04 Å². The number of carbonyl (C=O) groups excluding carboxylic acids is 2. The Morgan fingerprint density at radius 3 is 2.45 bits per heavy atom. The van der Waals surface area contributed by atoms with Gasteiger partial charge in [0.05, 0.1) is 18.1 Å². The molecule has 0 spiro atoms. The van der Waals surface area contributed by atoms with Gasteiger partial charge < -0.3 is 15.4 Å². The van der Waals surface area contributed by atoms with Crippen LogP contribution in [0.1, 0.15) is 12.5 Å². The van der Waals surface area contributed by atoms with Gasteiger partial charge in [-0.05, 0) is 67.1 Å². The maximum atomic E-state index is 12.5. The van der Waals surface area contributed by atoms with E-state index >= 15 is 0 Å². The number of ether oxygens (including phenoxy) is 1. The van der Waals surface area contributed by atoms with Gasteiger partial charge in [0.25, 0.3) is 0 Å². The zero-order chi connectivity index (χ0) is 23.2. The average molecular weight is 441 g/mol. The third kappa shape index (κ3) is 5.27. The molecule has 4 aromatic rings. The van der Waals surface area contributed by atoms with Crippen molar-refractivity contribution in [3.63, 3.8) is 0 Å². The highest BCUT2D eigenvalue weighted by Crippen LogP contribution is 2.19. The smallest absolute Gasteiger partial charge is 0.246 e. The number of fused-ring (bicyclic) bond motifs is 1. The van der Waals surface area contributed by atoms with Crippen LogP contribution in [-0.2, 0) is 9.59 Å². The van der Waals surface area contributed by atoms with Crippen LogP contribution in [-0.4, -0.2) is 34.5 Å². The molecule has 166 valence electrons. The Morgan fingerprint density at radius 2 is 1.73 bits per heavy atom. The highest BCUT2D eigenvalue weighted by Gasteiger charge is 2.14. The van der Waals surface area contributed by atoms with Crippen molar-refractivity contribution >= 4 is 34.6 Å². The van der Waals surface area contributed by atoms with E-state index in [-0.39, 0.29) is 11.8 Å². The standard InChI is InChI=1S/C26H24N4O3/c1-18(28-25(31)16-9-19-7-14-22(33-2)15-8-19)26(32)29-20-10-12-21(13-11-20)30-17-27-23-5-3-4-6-24(23)30/h3-18H,1-2H3,(H,28,31)(H,29,32)/b16-9+/t18-/m0/s1. The van der Waals surface area contributed by atoms with Gasteiger partial charge in [-0.1, -0.05) is 24.3 Å².